The minimum atomic E-state index is 0.465. The Labute approximate surface area is 88.9 Å². The van der Waals surface area contributed by atoms with Gasteiger partial charge in [-0.1, -0.05) is 23.4 Å². The standard InChI is InChI=1S/C12H14N2O/c1-7-5-4-6-8(2)10(7)11-9(3)12(13)14-15-11/h4-6H,1-3H3,(H2,13,14). The van der Waals surface area contributed by atoms with Crippen molar-refractivity contribution in [2.24, 2.45) is 0 Å². The van der Waals surface area contributed by atoms with Crippen LogP contribution >= 0.6 is 0 Å². The SMILES string of the molecule is Cc1cccc(C)c1-c1onc(N)c1C. The van der Waals surface area contributed by atoms with Crippen LogP contribution < -0.4 is 5.73 Å². The summed E-state index contributed by atoms with van der Waals surface area (Å²) in [7, 11) is 0. The van der Waals surface area contributed by atoms with Crippen LogP contribution in [-0.2, 0) is 0 Å². The maximum Gasteiger partial charge on any atom is 0.172 e. The number of anilines is 1. The molecule has 0 amide bonds. The molecule has 3 heteroatoms. The largest absolute Gasteiger partial charge is 0.381 e. The molecule has 0 saturated carbocycles. The van der Waals surface area contributed by atoms with E-state index in [9.17, 15) is 0 Å². The number of nitrogens with two attached hydrogens (primary N) is 1. The van der Waals surface area contributed by atoms with Gasteiger partial charge < -0.3 is 10.3 Å². The lowest BCUT2D eigenvalue weighted by Gasteiger charge is -2.06. The molecule has 3 nitrogen and oxygen atoms in total. The molecule has 78 valence electrons. The van der Waals surface area contributed by atoms with Crippen molar-refractivity contribution < 1.29 is 4.52 Å². The van der Waals surface area contributed by atoms with Gasteiger partial charge in [0, 0.05) is 11.1 Å². The minimum absolute atomic E-state index is 0.465. The molecule has 0 spiro atoms. The lowest BCUT2D eigenvalue weighted by molar-refractivity contribution is 0.435. The van der Waals surface area contributed by atoms with Crippen molar-refractivity contribution in [3.05, 3.63) is 34.9 Å². The third-order valence-electron chi connectivity index (χ3n) is 2.67. The van der Waals surface area contributed by atoms with Crippen LogP contribution in [0.1, 0.15) is 16.7 Å². The molecule has 2 aromatic rings. The van der Waals surface area contributed by atoms with Crippen molar-refractivity contribution in [1.29, 1.82) is 0 Å². The van der Waals surface area contributed by atoms with E-state index in [1.807, 2.05) is 13.0 Å². The number of hydrogen-bond acceptors (Lipinski definition) is 3. The Bertz CT molecular complexity index is 480. The van der Waals surface area contributed by atoms with Crippen LogP contribution in [0, 0.1) is 20.8 Å². The fourth-order valence-corrected chi connectivity index (χ4v) is 1.75. The van der Waals surface area contributed by atoms with Crippen LogP contribution in [0.4, 0.5) is 5.82 Å². The van der Waals surface area contributed by atoms with Crippen molar-refractivity contribution in [2.75, 3.05) is 5.73 Å². The molecule has 15 heavy (non-hydrogen) atoms. The summed E-state index contributed by atoms with van der Waals surface area (Å²) in [6.07, 6.45) is 0. The Balaban J connectivity index is 2.69. The third kappa shape index (κ3) is 1.50. The van der Waals surface area contributed by atoms with Gasteiger partial charge >= 0.3 is 0 Å². The molecular weight excluding hydrogens is 188 g/mol. The van der Waals surface area contributed by atoms with Gasteiger partial charge in [-0.3, -0.25) is 0 Å². The van der Waals surface area contributed by atoms with E-state index >= 15 is 0 Å². The molecule has 1 aromatic carbocycles. The van der Waals surface area contributed by atoms with Crippen molar-refractivity contribution in [2.45, 2.75) is 20.8 Å². The summed E-state index contributed by atoms with van der Waals surface area (Å²) in [6, 6.07) is 6.14. The van der Waals surface area contributed by atoms with Gasteiger partial charge in [0.1, 0.15) is 0 Å². The molecule has 1 aromatic heterocycles. The minimum Gasteiger partial charge on any atom is -0.381 e. The molecule has 0 saturated heterocycles. The van der Waals surface area contributed by atoms with Gasteiger partial charge in [0.05, 0.1) is 0 Å². The first-order chi connectivity index (χ1) is 7.11. The van der Waals surface area contributed by atoms with Gasteiger partial charge in [-0.2, -0.15) is 0 Å². The summed E-state index contributed by atoms with van der Waals surface area (Å²) in [6.45, 7) is 6.04. The van der Waals surface area contributed by atoms with Crippen LogP contribution in [0.5, 0.6) is 0 Å². The maximum absolute atomic E-state index is 5.67. The highest BCUT2D eigenvalue weighted by atomic mass is 16.5. The van der Waals surface area contributed by atoms with Crippen LogP contribution in [0.15, 0.2) is 22.7 Å². The Kier molecular flexibility index (Phi) is 2.23. The number of aromatic nitrogens is 1. The molecule has 0 bridgehead atoms. The molecule has 1 heterocycles. The van der Waals surface area contributed by atoms with Gasteiger partial charge in [0.2, 0.25) is 0 Å². The second-order valence-corrected chi connectivity index (χ2v) is 3.79. The lowest BCUT2D eigenvalue weighted by Crippen LogP contribution is -1.89. The summed E-state index contributed by atoms with van der Waals surface area (Å²) in [5.41, 5.74) is 10.0. The summed E-state index contributed by atoms with van der Waals surface area (Å²) < 4.78 is 5.27. The highest BCUT2D eigenvalue weighted by Gasteiger charge is 2.15. The van der Waals surface area contributed by atoms with E-state index in [1.165, 1.54) is 11.1 Å². The number of aryl methyl sites for hydroxylation is 2. The zero-order valence-electron chi connectivity index (χ0n) is 9.16. The van der Waals surface area contributed by atoms with Crippen molar-refractivity contribution in [3.8, 4) is 11.3 Å². The Morgan fingerprint density at radius 3 is 2.20 bits per heavy atom. The summed E-state index contributed by atoms with van der Waals surface area (Å²) in [4.78, 5) is 0. The normalized spacial score (nSPS) is 10.6. The second kappa shape index (κ2) is 3.42. The number of hydrogen-bond donors (Lipinski definition) is 1. The Hall–Kier alpha value is -1.77. The Morgan fingerprint density at radius 2 is 1.73 bits per heavy atom. The highest BCUT2D eigenvalue weighted by Crippen LogP contribution is 2.31. The zero-order valence-corrected chi connectivity index (χ0v) is 9.16. The van der Waals surface area contributed by atoms with Crippen LogP contribution in [0.25, 0.3) is 11.3 Å². The molecule has 0 aliphatic heterocycles. The molecule has 2 rings (SSSR count). The highest BCUT2D eigenvalue weighted by molar-refractivity contribution is 5.71. The van der Waals surface area contributed by atoms with Crippen LogP contribution in [0.2, 0.25) is 0 Å². The van der Waals surface area contributed by atoms with E-state index in [-0.39, 0.29) is 0 Å². The first-order valence-corrected chi connectivity index (χ1v) is 4.89. The van der Waals surface area contributed by atoms with E-state index in [0.717, 1.165) is 16.9 Å². The van der Waals surface area contributed by atoms with Crippen LogP contribution in [0.3, 0.4) is 0 Å². The summed E-state index contributed by atoms with van der Waals surface area (Å²) >= 11 is 0. The maximum atomic E-state index is 5.67. The van der Waals surface area contributed by atoms with Gasteiger partial charge in [0.15, 0.2) is 11.6 Å². The zero-order chi connectivity index (χ0) is 11.0. The number of benzene rings is 1. The smallest absolute Gasteiger partial charge is 0.172 e. The van der Waals surface area contributed by atoms with Gasteiger partial charge in [-0.15, -0.1) is 0 Å². The average Bonchev–Trinajstić information content (AvgIpc) is 2.49. The van der Waals surface area contributed by atoms with Crippen molar-refractivity contribution in [3.63, 3.8) is 0 Å². The topological polar surface area (TPSA) is 52.0 Å². The molecule has 0 unspecified atom stereocenters. The van der Waals surface area contributed by atoms with Crippen LogP contribution in [-0.4, -0.2) is 5.16 Å². The predicted octanol–water partition coefficient (Wildman–Crippen LogP) is 2.85. The molecule has 0 aliphatic carbocycles. The monoisotopic (exact) mass is 202 g/mol. The van der Waals surface area contributed by atoms with E-state index in [2.05, 4.69) is 31.1 Å². The quantitative estimate of drug-likeness (QED) is 0.773. The second-order valence-electron chi connectivity index (χ2n) is 3.79. The molecule has 0 radical (unpaired) electrons. The number of nitrogen functional groups attached to an aromatic ring is 1. The lowest BCUT2D eigenvalue weighted by atomic mass is 9.99. The number of rotatable bonds is 1. The van der Waals surface area contributed by atoms with Crippen molar-refractivity contribution >= 4 is 5.82 Å². The average molecular weight is 202 g/mol. The van der Waals surface area contributed by atoms with Crippen molar-refractivity contribution in [1.82, 2.24) is 5.16 Å². The van der Waals surface area contributed by atoms with E-state index in [0.29, 0.717) is 5.82 Å². The van der Waals surface area contributed by atoms with E-state index in [1.54, 1.807) is 0 Å². The molecule has 0 atom stereocenters. The number of nitrogens with zero attached hydrogens (tertiary/aromatic N) is 1. The molecular formula is C12H14N2O. The van der Waals surface area contributed by atoms with Gasteiger partial charge in [-0.25, -0.2) is 0 Å². The fraction of sp³-hybridized carbons (Fsp3) is 0.250. The van der Waals surface area contributed by atoms with E-state index < -0.39 is 0 Å². The molecule has 0 fully saturated rings. The third-order valence-corrected chi connectivity index (χ3v) is 2.67. The Morgan fingerprint density at radius 1 is 1.13 bits per heavy atom. The van der Waals surface area contributed by atoms with Gasteiger partial charge in [0.25, 0.3) is 0 Å². The fourth-order valence-electron chi connectivity index (χ4n) is 1.75. The molecule has 2 N–H and O–H groups in total. The summed E-state index contributed by atoms with van der Waals surface area (Å²) in [5.74, 6) is 1.25. The van der Waals surface area contributed by atoms with Gasteiger partial charge in [-0.05, 0) is 31.9 Å². The first-order valence-electron chi connectivity index (χ1n) is 4.89. The van der Waals surface area contributed by atoms with E-state index in [4.69, 9.17) is 10.3 Å². The predicted molar refractivity (Wildman–Crippen MR) is 60.6 cm³/mol. The molecule has 0 aliphatic rings. The summed E-state index contributed by atoms with van der Waals surface area (Å²) in [5, 5.41) is 3.78. The first kappa shape index (κ1) is 9.77.